The lowest BCUT2D eigenvalue weighted by Gasteiger charge is -2.12. The second-order valence-corrected chi connectivity index (χ2v) is 5.23. The third kappa shape index (κ3) is 2.34. The summed E-state index contributed by atoms with van der Waals surface area (Å²) in [4.78, 5) is 11.4. The van der Waals surface area contributed by atoms with Crippen LogP contribution in [0.2, 0.25) is 5.02 Å². The minimum absolute atomic E-state index is 0.213. The Kier molecular flexibility index (Phi) is 3.58. The van der Waals surface area contributed by atoms with Gasteiger partial charge in [-0.2, -0.15) is 0 Å². The van der Waals surface area contributed by atoms with Crippen LogP contribution in [0.1, 0.15) is 29.8 Å². The van der Waals surface area contributed by atoms with Crippen molar-refractivity contribution >= 4 is 28.3 Å². The van der Waals surface area contributed by atoms with E-state index in [9.17, 15) is 9.90 Å². The van der Waals surface area contributed by atoms with E-state index in [0.29, 0.717) is 16.3 Å². The van der Waals surface area contributed by atoms with Crippen molar-refractivity contribution in [2.45, 2.75) is 20.3 Å². The summed E-state index contributed by atoms with van der Waals surface area (Å²) < 4.78 is 0. The van der Waals surface area contributed by atoms with E-state index in [0.717, 1.165) is 17.4 Å². The highest BCUT2D eigenvalue weighted by Crippen LogP contribution is 2.31. The molecule has 0 saturated carbocycles. The van der Waals surface area contributed by atoms with Crippen LogP contribution in [0.3, 0.4) is 0 Å². The van der Waals surface area contributed by atoms with Crippen molar-refractivity contribution < 1.29 is 9.90 Å². The summed E-state index contributed by atoms with van der Waals surface area (Å²) in [5, 5.41) is 11.3. The van der Waals surface area contributed by atoms with Crippen molar-refractivity contribution in [1.29, 1.82) is 0 Å². The Bertz CT molecular complexity index is 603. The molecular formula is C15H15ClO2. The Labute approximate surface area is 111 Å². The van der Waals surface area contributed by atoms with Crippen LogP contribution in [0.15, 0.2) is 30.3 Å². The van der Waals surface area contributed by atoms with Crippen LogP contribution in [-0.2, 0) is 6.42 Å². The molecule has 2 aromatic rings. The normalized spacial score (nSPS) is 11.1. The van der Waals surface area contributed by atoms with Crippen molar-refractivity contribution in [3.05, 3.63) is 46.5 Å². The SMILES string of the molecule is CC(C)Cc1cc2ccccc2c(C(=O)O)c1Cl. The molecule has 0 radical (unpaired) electrons. The maximum atomic E-state index is 11.4. The number of carboxylic acids is 1. The zero-order chi connectivity index (χ0) is 13.3. The Morgan fingerprint density at radius 1 is 1.33 bits per heavy atom. The summed E-state index contributed by atoms with van der Waals surface area (Å²) >= 11 is 6.25. The Morgan fingerprint density at radius 3 is 2.61 bits per heavy atom. The van der Waals surface area contributed by atoms with Crippen LogP contribution in [-0.4, -0.2) is 11.1 Å². The van der Waals surface area contributed by atoms with E-state index in [1.54, 1.807) is 6.07 Å². The van der Waals surface area contributed by atoms with Gasteiger partial charge in [0.2, 0.25) is 0 Å². The fourth-order valence-corrected chi connectivity index (χ4v) is 2.49. The molecule has 0 spiro atoms. The molecule has 2 aromatic carbocycles. The molecule has 2 nitrogen and oxygen atoms in total. The molecule has 0 aliphatic heterocycles. The van der Waals surface area contributed by atoms with Crippen LogP contribution in [0.4, 0.5) is 0 Å². The fraction of sp³-hybridized carbons (Fsp3) is 0.267. The molecular weight excluding hydrogens is 248 g/mol. The molecule has 18 heavy (non-hydrogen) atoms. The molecule has 0 heterocycles. The van der Waals surface area contributed by atoms with E-state index in [4.69, 9.17) is 11.6 Å². The van der Waals surface area contributed by atoms with Gasteiger partial charge in [-0.25, -0.2) is 4.79 Å². The standard InChI is InChI=1S/C15H15ClO2/c1-9(2)7-11-8-10-5-3-4-6-12(10)13(14(11)16)15(17)18/h3-6,8-9H,7H2,1-2H3,(H,17,18). The topological polar surface area (TPSA) is 37.3 Å². The van der Waals surface area contributed by atoms with Gasteiger partial charge in [0.25, 0.3) is 0 Å². The van der Waals surface area contributed by atoms with E-state index in [2.05, 4.69) is 13.8 Å². The molecule has 0 saturated heterocycles. The molecule has 0 aromatic heterocycles. The molecule has 0 atom stereocenters. The maximum Gasteiger partial charge on any atom is 0.337 e. The van der Waals surface area contributed by atoms with Crippen LogP contribution in [0.25, 0.3) is 10.8 Å². The number of rotatable bonds is 3. The summed E-state index contributed by atoms with van der Waals surface area (Å²) in [5.74, 6) is -0.535. The lowest BCUT2D eigenvalue weighted by molar-refractivity contribution is 0.0699. The summed E-state index contributed by atoms with van der Waals surface area (Å²) in [6.07, 6.45) is 0.782. The number of halogens is 1. The minimum Gasteiger partial charge on any atom is -0.478 e. The van der Waals surface area contributed by atoms with Crippen molar-refractivity contribution in [1.82, 2.24) is 0 Å². The van der Waals surface area contributed by atoms with Gasteiger partial charge < -0.3 is 5.11 Å². The second-order valence-electron chi connectivity index (χ2n) is 4.85. The number of carboxylic acid groups (broad SMARTS) is 1. The lowest BCUT2D eigenvalue weighted by Crippen LogP contribution is -2.04. The van der Waals surface area contributed by atoms with E-state index in [1.807, 2.05) is 24.3 Å². The highest BCUT2D eigenvalue weighted by Gasteiger charge is 2.17. The molecule has 94 valence electrons. The second kappa shape index (κ2) is 4.99. The fourth-order valence-electron chi connectivity index (χ4n) is 2.18. The number of aromatic carboxylic acids is 1. The van der Waals surface area contributed by atoms with Gasteiger partial charge in [-0.3, -0.25) is 0 Å². The highest BCUT2D eigenvalue weighted by atomic mass is 35.5. The third-order valence-electron chi connectivity index (χ3n) is 2.90. The van der Waals surface area contributed by atoms with Gasteiger partial charge in [0.1, 0.15) is 0 Å². The van der Waals surface area contributed by atoms with Gasteiger partial charge in [0, 0.05) is 0 Å². The Balaban J connectivity index is 2.75. The first kappa shape index (κ1) is 12.9. The van der Waals surface area contributed by atoms with Crippen LogP contribution < -0.4 is 0 Å². The van der Waals surface area contributed by atoms with E-state index >= 15 is 0 Å². The molecule has 1 N–H and O–H groups in total. The van der Waals surface area contributed by atoms with Crippen LogP contribution in [0, 0.1) is 5.92 Å². The first-order chi connectivity index (χ1) is 8.50. The molecule has 0 aliphatic carbocycles. The molecule has 0 aliphatic rings. The zero-order valence-corrected chi connectivity index (χ0v) is 11.2. The predicted molar refractivity (Wildman–Crippen MR) is 74.5 cm³/mol. The molecule has 2 rings (SSSR count). The van der Waals surface area contributed by atoms with Gasteiger partial charge in [0.15, 0.2) is 0 Å². The average molecular weight is 263 g/mol. The Hall–Kier alpha value is -1.54. The van der Waals surface area contributed by atoms with Gasteiger partial charge in [-0.05, 0) is 34.7 Å². The maximum absolute atomic E-state index is 11.4. The average Bonchev–Trinajstić information content (AvgIpc) is 2.29. The molecule has 0 fully saturated rings. The van der Waals surface area contributed by atoms with Gasteiger partial charge >= 0.3 is 5.97 Å². The summed E-state index contributed by atoms with van der Waals surface area (Å²) in [5.41, 5.74) is 1.12. The quantitative estimate of drug-likeness (QED) is 0.891. The van der Waals surface area contributed by atoms with E-state index < -0.39 is 5.97 Å². The van der Waals surface area contributed by atoms with Crippen molar-refractivity contribution in [3.8, 4) is 0 Å². The lowest BCUT2D eigenvalue weighted by atomic mass is 9.95. The zero-order valence-electron chi connectivity index (χ0n) is 10.4. The van der Waals surface area contributed by atoms with Gasteiger partial charge in [-0.1, -0.05) is 49.7 Å². The number of benzene rings is 2. The summed E-state index contributed by atoms with van der Waals surface area (Å²) in [6, 6.07) is 9.43. The summed E-state index contributed by atoms with van der Waals surface area (Å²) in [6.45, 7) is 4.18. The minimum atomic E-state index is -0.971. The molecule has 0 amide bonds. The molecule has 0 unspecified atom stereocenters. The first-order valence-corrected chi connectivity index (χ1v) is 6.32. The smallest absolute Gasteiger partial charge is 0.337 e. The predicted octanol–water partition coefficient (Wildman–Crippen LogP) is 4.39. The number of hydrogen-bond acceptors (Lipinski definition) is 1. The monoisotopic (exact) mass is 262 g/mol. The number of carbonyl (C=O) groups is 1. The van der Waals surface area contributed by atoms with E-state index in [1.165, 1.54) is 0 Å². The summed E-state index contributed by atoms with van der Waals surface area (Å²) in [7, 11) is 0. The third-order valence-corrected chi connectivity index (χ3v) is 3.34. The highest BCUT2D eigenvalue weighted by molar-refractivity contribution is 6.36. The van der Waals surface area contributed by atoms with Crippen LogP contribution in [0.5, 0.6) is 0 Å². The van der Waals surface area contributed by atoms with Crippen LogP contribution >= 0.6 is 11.6 Å². The Morgan fingerprint density at radius 2 is 2.00 bits per heavy atom. The molecule has 3 heteroatoms. The van der Waals surface area contributed by atoms with E-state index in [-0.39, 0.29) is 5.56 Å². The first-order valence-electron chi connectivity index (χ1n) is 5.94. The van der Waals surface area contributed by atoms with Gasteiger partial charge in [0.05, 0.1) is 10.6 Å². The molecule has 0 bridgehead atoms. The van der Waals surface area contributed by atoms with Gasteiger partial charge in [-0.15, -0.1) is 0 Å². The number of fused-ring (bicyclic) bond motifs is 1. The number of hydrogen-bond donors (Lipinski definition) is 1. The van der Waals surface area contributed by atoms with Crippen molar-refractivity contribution in [2.24, 2.45) is 5.92 Å². The van der Waals surface area contributed by atoms with Crippen molar-refractivity contribution in [3.63, 3.8) is 0 Å². The largest absolute Gasteiger partial charge is 0.478 e. The van der Waals surface area contributed by atoms with Crippen molar-refractivity contribution in [2.75, 3.05) is 0 Å².